The molecular formula is C14H16FNO3. The third-order valence-electron chi connectivity index (χ3n) is 3.64. The molecule has 2 N–H and O–H groups in total. The van der Waals surface area contributed by atoms with Gasteiger partial charge < -0.3 is 10.4 Å². The molecule has 1 aromatic rings. The SMILES string of the molecule is O=C(CC1(C(=O)O)CCCC1)Nc1ccc(F)cc1. The fourth-order valence-corrected chi connectivity index (χ4v) is 2.56. The van der Waals surface area contributed by atoms with E-state index >= 15 is 0 Å². The highest BCUT2D eigenvalue weighted by Crippen LogP contribution is 2.41. The maximum Gasteiger partial charge on any atom is 0.310 e. The van der Waals surface area contributed by atoms with Gasteiger partial charge in [-0.15, -0.1) is 0 Å². The number of nitrogens with one attached hydrogen (secondary N) is 1. The summed E-state index contributed by atoms with van der Waals surface area (Å²) >= 11 is 0. The normalized spacial score (nSPS) is 17.1. The van der Waals surface area contributed by atoms with Gasteiger partial charge in [0.2, 0.25) is 5.91 Å². The Kier molecular flexibility index (Phi) is 3.83. The number of carboxylic acid groups (broad SMARTS) is 1. The lowest BCUT2D eigenvalue weighted by atomic mass is 9.82. The Balaban J connectivity index is 2.00. The van der Waals surface area contributed by atoms with E-state index in [-0.39, 0.29) is 18.1 Å². The minimum absolute atomic E-state index is 0.0281. The molecule has 0 atom stereocenters. The summed E-state index contributed by atoms with van der Waals surface area (Å²) in [6.45, 7) is 0. The molecule has 0 heterocycles. The van der Waals surface area contributed by atoms with Crippen molar-refractivity contribution in [3.63, 3.8) is 0 Å². The van der Waals surface area contributed by atoms with Gasteiger partial charge in [-0.3, -0.25) is 9.59 Å². The lowest BCUT2D eigenvalue weighted by molar-refractivity contribution is -0.150. The lowest BCUT2D eigenvalue weighted by Crippen LogP contribution is -2.32. The van der Waals surface area contributed by atoms with Gasteiger partial charge >= 0.3 is 5.97 Å². The molecule has 1 aromatic carbocycles. The highest BCUT2D eigenvalue weighted by atomic mass is 19.1. The number of hydrogen-bond acceptors (Lipinski definition) is 2. The Bertz CT molecular complexity index is 478. The van der Waals surface area contributed by atoms with Crippen LogP contribution in [0, 0.1) is 11.2 Å². The van der Waals surface area contributed by atoms with Gasteiger partial charge in [-0.1, -0.05) is 12.8 Å². The molecule has 5 heteroatoms. The van der Waals surface area contributed by atoms with Crippen LogP contribution in [0.2, 0.25) is 0 Å². The van der Waals surface area contributed by atoms with Gasteiger partial charge in [-0.05, 0) is 37.1 Å². The van der Waals surface area contributed by atoms with E-state index in [1.807, 2.05) is 0 Å². The van der Waals surface area contributed by atoms with Crippen LogP contribution in [-0.2, 0) is 9.59 Å². The number of aliphatic carboxylic acids is 1. The van der Waals surface area contributed by atoms with Crippen molar-refractivity contribution in [2.45, 2.75) is 32.1 Å². The number of benzene rings is 1. The first kappa shape index (κ1) is 13.5. The minimum Gasteiger partial charge on any atom is -0.481 e. The summed E-state index contributed by atoms with van der Waals surface area (Å²) in [6.07, 6.45) is 2.74. The number of rotatable bonds is 4. The molecule has 4 nitrogen and oxygen atoms in total. The number of carboxylic acids is 1. The number of amides is 1. The van der Waals surface area contributed by atoms with Crippen molar-refractivity contribution < 1.29 is 19.1 Å². The van der Waals surface area contributed by atoms with Crippen LogP contribution in [0.4, 0.5) is 10.1 Å². The van der Waals surface area contributed by atoms with Crippen LogP contribution in [0.5, 0.6) is 0 Å². The molecular weight excluding hydrogens is 249 g/mol. The zero-order valence-corrected chi connectivity index (χ0v) is 10.5. The Labute approximate surface area is 110 Å². The average Bonchev–Trinajstić information content (AvgIpc) is 2.82. The molecule has 1 saturated carbocycles. The molecule has 0 unspecified atom stereocenters. The maximum absolute atomic E-state index is 12.7. The molecule has 2 rings (SSSR count). The summed E-state index contributed by atoms with van der Waals surface area (Å²) in [4.78, 5) is 23.2. The van der Waals surface area contributed by atoms with Gasteiger partial charge in [-0.2, -0.15) is 0 Å². The standard InChI is InChI=1S/C14H16FNO3/c15-10-3-5-11(6-4-10)16-12(17)9-14(13(18)19)7-1-2-8-14/h3-6H,1-2,7-9H2,(H,16,17)(H,18,19). The van der Waals surface area contributed by atoms with Gasteiger partial charge in [0.1, 0.15) is 5.82 Å². The molecule has 0 spiro atoms. The van der Waals surface area contributed by atoms with E-state index in [9.17, 15) is 19.1 Å². The maximum atomic E-state index is 12.7. The van der Waals surface area contributed by atoms with Gasteiger partial charge in [-0.25, -0.2) is 4.39 Å². The minimum atomic E-state index is -0.926. The van der Waals surface area contributed by atoms with E-state index in [0.29, 0.717) is 18.5 Å². The van der Waals surface area contributed by atoms with Crippen LogP contribution in [-0.4, -0.2) is 17.0 Å². The summed E-state index contributed by atoms with van der Waals surface area (Å²) in [7, 11) is 0. The molecule has 0 aromatic heterocycles. The number of halogens is 1. The first-order valence-electron chi connectivity index (χ1n) is 6.31. The molecule has 0 saturated heterocycles. The highest BCUT2D eigenvalue weighted by Gasteiger charge is 2.42. The van der Waals surface area contributed by atoms with Crippen LogP contribution in [0.1, 0.15) is 32.1 Å². The average molecular weight is 265 g/mol. The van der Waals surface area contributed by atoms with Crippen molar-refractivity contribution in [2.24, 2.45) is 5.41 Å². The second kappa shape index (κ2) is 5.38. The number of hydrogen-bond donors (Lipinski definition) is 2. The molecule has 19 heavy (non-hydrogen) atoms. The third kappa shape index (κ3) is 3.10. The van der Waals surface area contributed by atoms with E-state index in [1.54, 1.807) is 0 Å². The third-order valence-corrected chi connectivity index (χ3v) is 3.64. The zero-order valence-electron chi connectivity index (χ0n) is 10.5. The second-order valence-corrected chi connectivity index (χ2v) is 5.02. The summed E-state index contributed by atoms with van der Waals surface area (Å²) in [6, 6.07) is 5.40. The predicted octanol–water partition coefficient (Wildman–Crippen LogP) is 2.80. The molecule has 1 aliphatic carbocycles. The van der Waals surface area contributed by atoms with Crippen LogP contribution in [0.25, 0.3) is 0 Å². The fraction of sp³-hybridized carbons (Fsp3) is 0.429. The molecule has 102 valence electrons. The molecule has 0 aliphatic heterocycles. The zero-order chi connectivity index (χ0) is 13.9. The largest absolute Gasteiger partial charge is 0.481 e. The van der Waals surface area contributed by atoms with Crippen LogP contribution in [0.3, 0.4) is 0 Å². The first-order chi connectivity index (χ1) is 9.02. The number of carbonyl (C=O) groups is 2. The smallest absolute Gasteiger partial charge is 0.310 e. The van der Waals surface area contributed by atoms with Gasteiger partial charge in [0, 0.05) is 12.1 Å². The Morgan fingerprint density at radius 1 is 1.21 bits per heavy atom. The summed E-state index contributed by atoms with van der Waals surface area (Å²) < 4.78 is 12.7. The monoisotopic (exact) mass is 265 g/mol. The van der Waals surface area contributed by atoms with Crippen molar-refractivity contribution in [1.82, 2.24) is 0 Å². The van der Waals surface area contributed by atoms with E-state index in [1.165, 1.54) is 24.3 Å². The Hall–Kier alpha value is -1.91. The summed E-state index contributed by atoms with van der Waals surface area (Å²) in [5, 5.41) is 11.9. The molecule has 1 fully saturated rings. The van der Waals surface area contributed by atoms with Crippen LogP contribution in [0.15, 0.2) is 24.3 Å². The number of anilines is 1. The van der Waals surface area contributed by atoms with Crippen LogP contribution >= 0.6 is 0 Å². The van der Waals surface area contributed by atoms with Gasteiger partial charge in [0.05, 0.1) is 5.41 Å². The second-order valence-electron chi connectivity index (χ2n) is 5.02. The molecule has 1 aliphatic rings. The van der Waals surface area contributed by atoms with Gasteiger partial charge in [0.25, 0.3) is 0 Å². The van der Waals surface area contributed by atoms with Crippen molar-refractivity contribution in [2.75, 3.05) is 5.32 Å². The molecule has 0 bridgehead atoms. The first-order valence-corrected chi connectivity index (χ1v) is 6.31. The fourth-order valence-electron chi connectivity index (χ4n) is 2.56. The van der Waals surface area contributed by atoms with Crippen LogP contribution < -0.4 is 5.32 Å². The van der Waals surface area contributed by atoms with Crippen molar-refractivity contribution in [3.8, 4) is 0 Å². The van der Waals surface area contributed by atoms with E-state index in [0.717, 1.165) is 12.8 Å². The topological polar surface area (TPSA) is 66.4 Å². The highest BCUT2D eigenvalue weighted by molar-refractivity contribution is 5.94. The predicted molar refractivity (Wildman–Crippen MR) is 68.2 cm³/mol. The quantitative estimate of drug-likeness (QED) is 0.879. The lowest BCUT2D eigenvalue weighted by Gasteiger charge is -2.22. The summed E-state index contributed by atoms with van der Waals surface area (Å²) in [5.41, 5.74) is -0.450. The number of carbonyl (C=O) groups excluding carboxylic acids is 1. The van der Waals surface area contributed by atoms with Gasteiger partial charge in [0.15, 0.2) is 0 Å². The van der Waals surface area contributed by atoms with Crippen molar-refractivity contribution in [3.05, 3.63) is 30.1 Å². The Morgan fingerprint density at radius 3 is 2.32 bits per heavy atom. The molecule has 1 amide bonds. The summed E-state index contributed by atoms with van der Waals surface area (Å²) in [5.74, 6) is -1.62. The van der Waals surface area contributed by atoms with Crippen molar-refractivity contribution >= 4 is 17.6 Å². The van der Waals surface area contributed by atoms with E-state index in [2.05, 4.69) is 5.32 Å². The molecule has 0 radical (unpaired) electrons. The van der Waals surface area contributed by atoms with E-state index < -0.39 is 11.4 Å². The Morgan fingerprint density at radius 2 is 1.79 bits per heavy atom. The van der Waals surface area contributed by atoms with E-state index in [4.69, 9.17) is 0 Å². The van der Waals surface area contributed by atoms with Crippen molar-refractivity contribution in [1.29, 1.82) is 0 Å².